The molecule has 0 aromatic heterocycles. The van der Waals surface area contributed by atoms with Crippen LogP contribution in [0, 0.1) is 0 Å². The average molecular weight is 147 g/mol. The molecule has 1 rings (SSSR count). The number of nitrogens with zero attached hydrogens (tertiary/aromatic N) is 1. The molecular weight excluding hydrogens is 134 g/mol. The normalized spacial score (nSPS) is 30.7. The number of rotatable bonds is 1. The Labute approximate surface area is 61.6 Å². The lowest BCUT2D eigenvalue weighted by atomic mass is 10.3. The number of likely N-dealkylation sites (N-methyl/N-ethyl adjacent to an activating group) is 1. The van der Waals surface area contributed by atoms with Gasteiger partial charge in [0.1, 0.15) is 0 Å². The number of hydrogen-bond donors (Lipinski definition) is 1. The maximum atomic E-state index is 5.38. The maximum Gasteiger partial charge on any atom is 0.0790 e. The lowest BCUT2D eigenvalue weighted by molar-refractivity contribution is -0.00580. The summed E-state index contributed by atoms with van der Waals surface area (Å²) < 4.78 is 5.38. The highest BCUT2D eigenvalue weighted by Crippen LogP contribution is 2.03. The second-order valence-corrected chi connectivity index (χ2v) is 2.80. The van der Waals surface area contributed by atoms with Crippen molar-refractivity contribution in [3.05, 3.63) is 0 Å². The van der Waals surface area contributed by atoms with E-state index in [2.05, 4.69) is 24.6 Å². The van der Waals surface area contributed by atoms with Crippen molar-refractivity contribution in [2.24, 2.45) is 0 Å². The molecule has 0 aliphatic carbocycles. The van der Waals surface area contributed by atoms with Crippen molar-refractivity contribution in [1.82, 2.24) is 4.90 Å². The van der Waals surface area contributed by atoms with Gasteiger partial charge in [0.2, 0.25) is 0 Å². The Bertz CT molecular complexity index is 89.1. The molecule has 0 aromatic carbocycles. The summed E-state index contributed by atoms with van der Waals surface area (Å²) in [5, 5.41) is 0. The Morgan fingerprint density at radius 3 is 3.00 bits per heavy atom. The zero-order valence-electron chi connectivity index (χ0n) is 5.71. The third-order valence-corrected chi connectivity index (χ3v) is 1.95. The van der Waals surface area contributed by atoms with Gasteiger partial charge in [-0.3, -0.25) is 0 Å². The standard InChI is InChI=1S/C6H13NOS/c1-7-2-3-8-6(4-7)5-9/h6,9H,2-5H2,1H3/t6-/m1/s1. The summed E-state index contributed by atoms with van der Waals surface area (Å²) in [6, 6.07) is 0. The minimum Gasteiger partial charge on any atom is -0.375 e. The Hall–Kier alpha value is 0.270. The van der Waals surface area contributed by atoms with E-state index in [1.165, 1.54) is 0 Å². The number of morpholine rings is 1. The summed E-state index contributed by atoms with van der Waals surface area (Å²) in [5.74, 6) is 0.838. The molecule has 1 saturated heterocycles. The van der Waals surface area contributed by atoms with Crippen LogP contribution in [0.5, 0.6) is 0 Å². The van der Waals surface area contributed by atoms with E-state index in [1.54, 1.807) is 0 Å². The summed E-state index contributed by atoms with van der Waals surface area (Å²) in [6.07, 6.45) is 0.354. The van der Waals surface area contributed by atoms with E-state index < -0.39 is 0 Å². The fourth-order valence-electron chi connectivity index (χ4n) is 0.977. The summed E-state index contributed by atoms with van der Waals surface area (Å²) in [4.78, 5) is 2.27. The Balaban J connectivity index is 2.23. The van der Waals surface area contributed by atoms with Crippen LogP contribution in [0.15, 0.2) is 0 Å². The van der Waals surface area contributed by atoms with Crippen molar-refractivity contribution in [1.29, 1.82) is 0 Å². The van der Waals surface area contributed by atoms with Gasteiger partial charge in [-0.05, 0) is 7.05 Å². The SMILES string of the molecule is CN1CCO[C@@H](CS)C1. The Kier molecular flexibility index (Phi) is 2.82. The van der Waals surface area contributed by atoms with Gasteiger partial charge >= 0.3 is 0 Å². The molecule has 2 nitrogen and oxygen atoms in total. The molecule has 0 N–H and O–H groups in total. The van der Waals surface area contributed by atoms with Crippen molar-refractivity contribution in [2.45, 2.75) is 6.10 Å². The van der Waals surface area contributed by atoms with Crippen molar-refractivity contribution in [3.8, 4) is 0 Å². The Morgan fingerprint density at radius 2 is 2.56 bits per heavy atom. The molecule has 9 heavy (non-hydrogen) atoms. The first-order valence-corrected chi connectivity index (χ1v) is 3.87. The Morgan fingerprint density at radius 1 is 1.78 bits per heavy atom. The van der Waals surface area contributed by atoms with Crippen molar-refractivity contribution >= 4 is 12.6 Å². The molecule has 3 heteroatoms. The highest BCUT2D eigenvalue weighted by atomic mass is 32.1. The number of hydrogen-bond acceptors (Lipinski definition) is 3. The van der Waals surface area contributed by atoms with Crippen LogP contribution in [0.2, 0.25) is 0 Å². The van der Waals surface area contributed by atoms with E-state index in [4.69, 9.17) is 4.74 Å². The van der Waals surface area contributed by atoms with E-state index in [-0.39, 0.29) is 0 Å². The lowest BCUT2D eigenvalue weighted by Gasteiger charge is -2.28. The molecule has 0 radical (unpaired) electrons. The second-order valence-electron chi connectivity index (χ2n) is 2.44. The first-order chi connectivity index (χ1) is 4.33. The van der Waals surface area contributed by atoms with Crippen LogP contribution in [-0.4, -0.2) is 43.5 Å². The molecule has 54 valence electrons. The third kappa shape index (κ3) is 2.16. The molecule has 1 aliphatic heterocycles. The van der Waals surface area contributed by atoms with Crippen LogP contribution in [0.4, 0.5) is 0 Å². The molecule has 1 heterocycles. The monoisotopic (exact) mass is 147 g/mol. The van der Waals surface area contributed by atoms with Gasteiger partial charge in [0.05, 0.1) is 12.7 Å². The predicted octanol–water partition coefficient (Wildman–Crippen LogP) is 0.247. The van der Waals surface area contributed by atoms with E-state index in [0.717, 1.165) is 25.4 Å². The first-order valence-electron chi connectivity index (χ1n) is 3.24. The highest BCUT2D eigenvalue weighted by molar-refractivity contribution is 7.80. The minimum atomic E-state index is 0.354. The summed E-state index contributed by atoms with van der Waals surface area (Å²) >= 11 is 4.15. The summed E-state index contributed by atoms with van der Waals surface area (Å²) in [6.45, 7) is 2.95. The molecule has 1 fully saturated rings. The number of ether oxygens (including phenoxy) is 1. The highest BCUT2D eigenvalue weighted by Gasteiger charge is 2.14. The molecule has 0 aromatic rings. The quantitative estimate of drug-likeness (QED) is 0.534. The zero-order chi connectivity index (χ0) is 6.69. The van der Waals surface area contributed by atoms with E-state index in [1.807, 2.05) is 0 Å². The minimum absolute atomic E-state index is 0.354. The van der Waals surface area contributed by atoms with Gasteiger partial charge in [-0.1, -0.05) is 0 Å². The van der Waals surface area contributed by atoms with Gasteiger partial charge in [-0.25, -0.2) is 0 Å². The van der Waals surface area contributed by atoms with Gasteiger partial charge in [-0.2, -0.15) is 12.6 Å². The third-order valence-electron chi connectivity index (χ3n) is 1.55. The molecular formula is C6H13NOS. The molecule has 0 saturated carbocycles. The molecule has 0 bridgehead atoms. The molecule has 1 atom stereocenters. The fraction of sp³-hybridized carbons (Fsp3) is 1.00. The second kappa shape index (κ2) is 3.44. The predicted molar refractivity (Wildman–Crippen MR) is 41.1 cm³/mol. The fourth-order valence-corrected chi connectivity index (χ4v) is 1.20. The van der Waals surface area contributed by atoms with E-state index in [0.29, 0.717) is 6.10 Å². The molecule has 0 spiro atoms. The van der Waals surface area contributed by atoms with Gasteiger partial charge < -0.3 is 9.64 Å². The van der Waals surface area contributed by atoms with Crippen LogP contribution < -0.4 is 0 Å². The van der Waals surface area contributed by atoms with Crippen LogP contribution in [0.3, 0.4) is 0 Å². The van der Waals surface area contributed by atoms with Crippen LogP contribution in [-0.2, 0) is 4.74 Å². The van der Waals surface area contributed by atoms with Crippen LogP contribution in [0.1, 0.15) is 0 Å². The average Bonchev–Trinajstić information content (AvgIpc) is 1.88. The van der Waals surface area contributed by atoms with E-state index in [9.17, 15) is 0 Å². The van der Waals surface area contributed by atoms with Crippen LogP contribution >= 0.6 is 12.6 Å². The van der Waals surface area contributed by atoms with Gasteiger partial charge in [0.15, 0.2) is 0 Å². The lowest BCUT2D eigenvalue weighted by Crippen LogP contribution is -2.40. The van der Waals surface area contributed by atoms with Crippen LogP contribution in [0.25, 0.3) is 0 Å². The summed E-state index contributed by atoms with van der Waals surface area (Å²) in [7, 11) is 2.11. The molecule has 0 unspecified atom stereocenters. The zero-order valence-corrected chi connectivity index (χ0v) is 6.60. The maximum absolute atomic E-state index is 5.38. The topological polar surface area (TPSA) is 12.5 Å². The summed E-state index contributed by atoms with van der Waals surface area (Å²) in [5.41, 5.74) is 0. The van der Waals surface area contributed by atoms with Crippen molar-refractivity contribution in [3.63, 3.8) is 0 Å². The number of thiol groups is 1. The molecule has 0 amide bonds. The van der Waals surface area contributed by atoms with Gasteiger partial charge in [0, 0.05) is 18.8 Å². The largest absolute Gasteiger partial charge is 0.375 e. The molecule has 1 aliphatic rings. The first kappa shape index (κ1) is 7.38. The van der Waals surface area contributed by atoms with Gasteiger partial charge in [0.25, 0.3) is 0 Å². The smallest absolute Gasteiger partial charge is 0.0790 e. The van der Waals surface area contributed by atoms with E-state index >= 15 is 0 Å². The van der Waals surface area contributed by atoms with Crippen molar-refractivity contribution < 1.29 is 4.74 Å². The van der Waals surface area contributed by atoms with Gasteiger partial charge in [-0.15, -0.1) is 0 Å². The van der Waals surface area contributed by atoms with Crippen molar-refractivity contribution in [2.75, 3.05) is 32.5 Å².